The Bertz CT molecular complexity index is 333. The fourth-order valence-electron chi connectivity index (χ4n) is 0.975. The molecule has 1 rings (SSSR count). The Morgan fingerprint density at radius 2 is 2.00 bits per heavy atom. The van der Waals surface area contributed by atoms with Crippen molar-refractivity contribution in [3.05, 3.63) is 16.8 Å². The molecule has 0 atom stereocenters. The van der Waals surface area contributed by atoms with E-state index in [4.69, 9.17) is 21.1 Å². The van der Waals surface area contributed by atoms with E-state index in [2.05, 4.69) is 4.98 Å². The van der Waals surface area contributed by atoms with E-state index in [1.807, 2.05) is 0 Å². The Morgan fingerprint density at radius 3 is 2.43 bits per heavy atom. The maximum absolute atomic E-state index is 12.5. The topological polar surface area (TPSA) is 31.4 Å². The van der Waals surface area contributed by atoms with Crippen molar-refractivity contribution in [2.45, 2.75) is 6.43 Å². The third-order valence-electron chi connectivity index (χ3n) is 1.62. The average molecular weight is 224 g/mol. The van der Waals surface area contributed by atoms with Crippen LogP contribution in [-0.2, 0) is 0 Å². The molecule has 0 N–H and O–H groups in total. The highest BCUT2D eigenvalue weighted by Gasteiger charge is 2.22. The molecular formula is C8H8ClF2NO2. The van der Waals surface area contributed by atoms with E-state index in [1.165, 1.54) is 14.2 Å². The van der Waals surface area contributed by atoms with Gasteiger partial charge in [0.05, 0.1) is 26.0 Å². The lowest BCUT2D eigenvalue weighted by molar-refractivity contribution is 0.146. The summed E-state index contributed by atoms with van der Waals surface area (Å²) in [4.78, 5) is 3.70. The third kappa shape index (κ3) is 1.87. The largest absolute Gasteiger partial charge is 0.495 e. The van der Waals surface area contributed by atoms with Crippen LogP contribution in [0.15, 0.2) is 6.20 Å². The van der Waals surface area contributed by atoms with Gasteiger partial charge in [0.25, 0.3) is 6.43 Å². The first-order valence-corrected chi connectivity index (χ1v) is 4.04. The molecule has 0 spiro atoms. The van der Waals surface area contributed by atoms with E-state index in [9.17, 15) is 8.78 Å². The number of aromatic nitrogens is 1. The van der Waals surface area contributed by atoms with Crippen LogP contribution in [0, 0.1) is 0 Å². The van der Waals surface area contributed by atoms with E-state index < -0.39 is 12.0 Å². The molecule has 1 heterocycles. The molecule has 0 aromatic carbocycles. The molecule has 78 valence electrons. The zero-order chi connectivity index (χ0) is 10.7. The molecular weight excluding hydrogens is 216 g/mol. The first kappa shape index (κ1) is 11.0. The summed E-state index contributed by atoms with van der Waals surface area (Å²) in [5.74, 6) is -0.0893. The van der Waals surface area contributed by atoms with Crippen molar-refractivity contribution < 1.29 is 18.3 Å². The van der Waals surface area contributed by atoms with Crippen molar-refractivity contribution in [3.63, 3.8) is 0 Å². The maximum atomic E-state index is 12.5. The summed E-state index contributed by atoms with van der Waals surface area (Å²) in [6.07, 6.45) is -1.58. The van der Waals surface area contributed by atoms with E-state index in [-0.39, 0.29) is 16.7 Å². The standard InChI is InChI=1S/C8H8ClF2NO2/c1-13-4-3-12-8(14-2)6(9)5(4)7(10)11/h3,7H,1-2H3. The van der Waals surface area contributed by atoms with Gasteiger partial charge in [0, 0.05) is 0 Å². The smallest absolute Gasteiger partial charge is 0.269 e. The monoisotopic (exact) mass is 223 g/mol. The van der Waals surface area contributed by atoms with Crippen LogP contribution >= 0.6 is 11.6 Å². The Hall–Kier alpha value is -1.10. The van der Waals surface area contributed by atoms with Crippen LogP contribution in [0.1, 0.15) is 12.0 Å². The number of methoxy groups -OCH3 is 2. The van der Waals surface area contributed by atoms with Crippen molar-refractivity contribution >= 4 is 11.6 Å². The molecule has 1 aromatic rings. The SMILES string of the molecule is COc1cnc(OC)c(Cl)c1C(F)F. The first-order chi connectivity index (χ1) is 6.61. The summed E-state index contributed by atoms with van der Waals surface area (Å²) >= 11 is 5.64. The molecule has 0 saturated heterocycles. The summed E-state index contributed by atoms with van der Waals surface area (Å²) in [6, 6.07) is 0. The number of alkyl halides is 2. The fourth-order valence-corrected chi connectivity index (χ4v) is 1.28. The molecule has 1 aromatic heterocycles. The van der Waals surface area contributed by atoms with Crippen LogP contribution in [0.25, 0.3) is 0 Å². The Labute approximate surface area is 84.6 Å². The van der Waals surface area contributed by atoms with E-state index in [1.54, 1.807) is 0 Å². The second-order valence-electron chi connectivity index (χ2n) is 2.36. The van der Waals surface area contributed by atoms with Crippen molar-refractivity contribution in [2.24, 2.45) is 0 Å². The summed E-state index contributed by atoms with van der Waals surface area (Å²) in [7, 11) is 2.57. The van der Waals surface area contributed by atoms with Crippen molar-refractivity contribution in [1.29, 1.82) is 0 Å². The Balaban J connectivity index is 3.31. The van der Waals surface area contributed by atoms with Crippen molar-refractivity contribution in [2.75, 3.05) is 14.2 Å². The van der Waals surface area contributed by atoms with Gasteiger partial charge in [0.2, 0.25) is 5.88 Å². The molecule has 0 bridgehead atoms. The molecule has 0 aliphatic carbocycles. The quantitative estimate of drug-likeness (QED) is 0.790. The molecule has 14 heavy (non-hydrogen) atoms. The highest BCUT2D eigenvalue weighted by atomic mass is 35.5. The molecule has 0 aliphatic heterocycles. The second kappa shape index (κ2) is 4.41. The van der Waals surface area contributed by atoms with Crippen molar-refractivity contribution in [1.82, 2.24) is 4.98 Å². The third-order valence-corrected chi connectivity index (χ3v) is 1.99. The van der Waals surface area contributed by atoms with E-state index in [0.29, 0.717) is 0 Å². The number of rotatable bonds is 3. The van der Waals surface area contributed by atoms with Crippen LogP contribution in [0.5, 0.6) is 11.6 Å². The number of hydrogen-bond donors (Lipinski definition) is 0. The van der Waals surface area contributed by atoms with E-state index in [0.717, 1.165) is 6.20 Å². The van der Waals surface area contributed by atoms with Crippen molar-refractivity contribution in [3.8, 4) is 11.6 Å². The summed E-state index contributed by atoms with van der Waals surface area (Å²) in [5, 5.41) is -0.221. The van der Waals surface area contributed by atoms with Gasteiger partial charge in [-0.25, -0.2) is 13.8 Å². The average Bonchev–Trinajstić information content (AvgIpc) is 2.16. The Kier molecular flexibility index (Phi) is 3.46. The lowest BCUT2D eigenvalue weighted by Gasteiger charge is -2.11. The first-order valence-electron chi connectivity index (χ1n) is 3.66. The van der Waals surface area contributed by atoms with Crippen LogP contribution in [0.2, 0.25) is 5.02 Å². The predicted octanol–water partition coefficient (Wildman–Crippen LogP) is 2.69. The number of hydrogen-bond acceptors (Lipinski definition) is 3. The minimum absolute atomic E-state index is 0.0391. The zero-order valence-corrected chi connectivity index (χ0v) is 8.31. The van der Waals surface area contributed by atoms with Gasteiger partial charge in [-0.1, -0.05) is 11.6 Å². The lowest BCUT2D eigenvalue weighted by atomic mass is 10.2. The molecule has 6 heteroatoms. The summed E-state index contributed by atoms with van der Waals surface area (Å²) in [5.41, 5.74) is -0.402. The van der Waals surface area contributed by atoms with Gasteiger partial charge in [-0.3, -0.25) is 0 Å². The van der Waals surface area contributed by atoms with Gasteiger partial charge in [0.15, 0.2) is 0 Å². The molecule has 0 fully saturated rings. The van der Waals surface area contributed by atoms with Crippen LogP contribution in [0.3, 0.4) is 0 Å². The van der Waals surface area contributed by atoms with Gasteiger partial charge >= 0.3 is 0 Å². The fraction of sp³-hybridized carbons (Fsp3) is 0.375. The summed E-state index contributed by atoms with van der Waals surface area (Å²) < 4.78 is 34.5. The number of pyridine rings is 1. The number of nitrogens with zero attached hydrogens (tertiary/aromatic N) is 1. The summed E-state index contributed by atoms with van der Waals surface area (Å²) in [6.45, 7) is 0. The lowest BCUT2D eigenvalue weighted by Crippen LogP contribution is -1.98. The van der Waals surface area contributed by atoms with Gasteiger partial charge < -0.3 is 9.47 Å². The number of halogens is 3. The van der Waals surface area contributed by atoms with Gasteiger partial charge in [-0.05, 0) is 0 Å². The van der Waals surface area contributed by atoms with Gasteiger partial charge in [-0.2, -0.15) is 0 Å². The highest BCUT2D eigenvalue weighted by Crippen LogP contribution is 2.38. The predicted molar refractivity (Wildman–Crippen MR) is 47.3 cm³/mol. The normalized spacial score (nSPS) is 10.4. The zero-order valence-electron chi connectivity index (χ0n) is 7.55. The van der Waals surface area contributed by atoms with Crippen LogP contribution < -0.4 is 9.47 Å². The highest BCUT2D eigenvalue weighted by molar-refractivity contribution is 6.32. The van der Waals surface area contributed by atoms with Crippen LogP contribution in [0.4, 0.5) is 8.78 Å². The van der Waals surface area contributed by atoms with Crippen LogP contribution in [-0.4, -0.2) is 19.2 Å². The molecule has 0 amide bonds. The Morgan fingerprint density at radius 1 is 1.36 bits per heavy atom. The molecule has 0 radical (unpaired) electrons. The number of ether oxygens (including phenoxy) is 2. The molecule has 0 aliphatic rings. The minimum Gasteiger partial charge on any atom is -0.495 e. The van der Waals surface area contributed by atoms with Gasteiger partial charge in [0.1, 0.15) is 10.8 Å². The van der Waals surface area contributed by atoms with E-state index >= 15 is 0 Å². The molecule has 0 saturated carbocycles. The minimum atomic E-state index is -2.73. The molecule has 0 unspecified atom stereocenters. The maximum Gasteiger partial charge on any atom is 0.269 e. The second-order valence-corrected chi connectivity index (χ2v) is 2.74. The van der Waals surface area contributed by atoms with Gasteiger partial charge in [-0.15, -0.1) is 0 Å². The molecule has 3 nitrogen and oxygen atoms in total.